The fraction of sp³-hybridized carbons (Fsp3) is 0.938. The summed E-state index contributed by atoms with van der Waals surface area (Å²) in [6.07, 6.45) is 3.92. The van der Waals surface area contributed by atoms with Crippen molar-refractivity contribution in [2.24, 2.45) is 16.3 Å². The van der Waals surface area contributed by atoms with Crippen LogP contribution in [0.3, 0.4) is 0 Å². The van der Waals surface area contributed by atoms with E-state index in [1.54, 1.807) is 0 Å². The van der Waals surface area contributed by atoms with Gasteiger partial charge >= 0.3 is 0 Å². The lowest BCUT2D eigenvalue weighted by Crippen LogP contribution is -2.41. The molecule has 0 amide bonds. The van der Waals surface area contributed by atoms with Gasteiger partial charge in [-0.1, -0.05) is 13.8 Å². The van der Waals surface area contributed by atoms with E-state index in [-0.39, 0.29) is 24.0 Å². The summed E-state index contributed by atoms with van der Waals surface area (Å²) in [5.41, 5.74) is 0.432. The largest absolute Gasteiger partial charge is 0.357 e. The van der Waals surface area contributed by atoms with Crippen molar-refractivity contribution < 1.29 is 0 Å². The van der Waals surface area contributed by atoms with Crippen LogP contribution in [0.15, 0.2) is 4.99 Å². The second-order valence-corrected chi connectivity index (χ2v) is 7.30. The molecule has 0 aromatic heterocycles. The highest BCUT2D eigenvalue weighted by Crippen LogP contribution is 2.28. The zero-order chi connectivity index (χ0) is 14.6. The van der Waals surface area contributed by atoms with E-state index in [4.69, 9.17) is 4.99 Å². The molecule has 0 saturated carbocycles. The van der Waals surface area contributed by atoms with E-state index in [0.717, 1.165) is 38.1 Å². The highest BCUT2D eigenvalue weighted by molar-refractivity contribution is 14.0. The number of nitrogens with one attached hydrogen (secondary N) is 1. The average Bonchev–Trinajstić information content (AvgIpc) is 2.75. The van der Waals surface area contributed by atoms with Gasteiger partial charge in [0.1, 0.15) is 0 Å². The molecule has 2 fully saturated rings. The molecule has 124 valence electrons. The van der Waals surface area contributed by atoms with Crippen molar-refractivity contribution in [2.75, 3.05) is 46.3 Å². The van der Waals surface area contributed by atoms with Crippen LogP contribution in [0.1, 0.15) is 40.0 Å². The SMILES string of the molecule is CCNC(=NCC1CCCN(C)C1)N1CCC(C)(C)C1.I. The van der Waals surface area contributed by atoms with Gasteiger partial charge < -0.3 is 15.1 Å². The molecular weight excluding hydrogens is 375 g/mol. The van der Waals surface area contributed by atoms with Crippen molar-refractivity contribution in [3.63, 3.8) is 0 Å². The molecule has 0 aromatic carbocycles. The molecule has 0 aromatic rings. The van der Waals surface area contributed by atoms with Crippen LogP contribution in [0.2, 0.25) is 0 Å². The van der Waals surface area contributed by atoms with Crippen molar-refractivity contribution in [1.82, 2.24) is 15.1 Å². The third-order valence-corrected chi connectivity index (χ3v) is 4.53. The Bertz CT molecular complexity index is 343. The Hall–Kier alpha value is -0.0400. The van der Waals surface area contributed by atoms with Crippen LogP contribution in [0.5, 0.6) is 0 Å². The number of hydrogen-bond donors (Lipinski definition) is 1. The minimum atomic E-state index is 0. The Morgan fingerprint density at radius 1 is 1.33 bits per heavy atom. The molecule has 0 bridgehead atoms. The zero-order valence-electron chi connectivity index (χ0n) is 14.2. The van der Waals surface area contributed by atoms with Crippen molar-refractivity contribution in [1.29, 1.82) is 0 Å². The first-order valence-corrected chi connectivity index (χ1v) is 8.22. The van der Waals surface area contributed by atoms with E-state index in [0.29, 0.717) is 5.41 Å². The summed E-state index contributed by atoms with van der Waals surface area (Å²) in [5, 5.41) is 3.48. The molecule has 2 aliphatic rings. The Labute approximate surface area is 147 Å². The topological polar surface area (TPSA) is 30.9 Å². The molecule has 1 atom stereocenters. The summed E-state index contributed by atoms with van der Waals surface area (Å²) < 4.78 is 0. The standard InChI is InChI=1S/C16H32N4.HI/c1-5-17-15(20-10-8-16(2,3)13-20)18-11-14-7-6-9-19(4)12-14;/h14H,5-13H2,1-4H3,(H,17,18);1H. The molecule has 2 rings (SSSR count). The fourth-order valence-electron chi connectivity index (χ4n) is 3.36. The molecule has 1 N–H and O–H groups in total. The monoisotopic (exact) mass is 408 g/mol. The van der Waals surface area contributed by atoms with Gasteiger partial charge in [-0.15, -0.1) is 24.0 Å². The Morgan fingerprint density at radius 3 is 2.67 bits per heavy atom. The van der Waals surface area contributed by atoms with Gasteiger partial charge in [-0.2, -0.15) is 0 Å². The van der Waals surface area contributed by atoms with E-state index < -0.39 is 0 Å². The Kier molecular flexibility index (Phi) is 7.74. The Morgan fingerprint density at radius 2 is 2.10 bits per heavy atom. The van der Waals surface area contributed by atoms with Crippen LogP contribution in [-0.2, 0) is 0 Å². The summed E-state index contributed by atoms with van der Waals surface area (Å²) in [4.78, 5) is 9.80. The lowest BCUT2D eigenvalue weighted by molar-refractivity contribution is 0.214. The van der Waals surface area contributed by atoms with Gasteiger partial charge in [0, 0.05) is 32.7 Å². The second kappa shape index (κ2) is 8.56. The molecule has 4 nitrogen and oxygen atoms in total. The van der Waals surface area contributed by atoms with E-state index in [2.05, 4.69) is 42.9 Å². The number of rotatable bonds is 3. The van der Waals surface area contributed by atoms with E-state index >= 15 is 0 Å². The second-order valence-electron chi connectivity index (χ2n) is 7.30. The maximum absolute atomic E-state index is 4.92. The number of guanidine groups is 1. The average molecular weight is 408 g/mol. The van der Waals surface area contributed by atoms with Gasteiger partial charge in [0.2, 0.25) is 0 Å². The van der Waals surface area contributed by atoms with E-state index in [9.17, 15) is 0 Å². The normalized spacial score (nSPS) is 26.6. The maximum Gasteiger partial charge on any atom is 0.193 e. The van der Waals surface area contributed by atoms with Gasteiger partial charge in [-0.25, -0.2) is 0 Å². The number of likely N-dealkylation sites (tertiary alicyclic amines) is 2. The minimum absolute atomic E-state index is 0. The van der Waals surface area contributed by atoms with Crippen LogP contribution < -0.4 is 5.32 Å². The number of nitrogens with zero attached hydrogens (tertiary/aromatic N) is 3. The number of piperidine rings is 1. The molecule has 2 aliphatic heterocycles. The molecule has 0 radical (unpaired) electrons. The number of aliphatic imine (C=N–C) groups is 1. The maximum atomic E-state index is 4.92. The summed E-state index contributed by atoms with van der Waals surface area (Å²) in [7, 11) is 2.23. The summed E-state index contributed by atoms with van der Waals surface area (Å²) in [6.45, 7) is 13.5. The first-order chi connectivity index (χ1) is 9.50. The van der Waals surface area contributed by atoms with Crippen LogP contribution in [-0.4, -0.2) is 62.1 Å². The lowest BCUT2D eigenvalue weighted by atomic mass is 9.93. The van der Waals surface area contributed by atoms with Crippen molar-refractivity contribution in [3.05, 3.63) is 0 Å². The van der Waals surface area contributed by atoms with Crippen LogP contribution in [0.25, 0.3) is 0 Å². The molecule has 2 saturated heterocycles. The minimum Gasteiger partial charge on any atom is -0.357 e. The molecule has 5 heteroatoms. The first-order valence-electron chi connectivity index (χ1n) is 8.22. The van der Waals surface area contributed by atoms with Crippen molar-refractivity contribution >= 4 is 29.9 Å². The van der Waals surface area contributed by atoms with Gasteiger partial charge in [0.25, 0.3) is 0 Å². The lowest BCUT2D eigenvalue weighted by Gasteiger charge is -2.29. The molecular formula is C16H33IN4. The molecule has 0 aliphatic carbocycles. The first kappa shape index (κ1) is 19.0. The number of hydrogen-bond acceptors (Lipinski definition) is 2. The van der Waals surface area contributed by atoms with Gasteiger partial charge in [-0.05, 0) is 51.1 Å². The molecule has 21 heavy (non-hydrogen) atoms. The summed E-state index contributed by atoms with van der Waals surface area (Å²) in [5.74, 6) is 1.87. The highest BCUT2D eigenvalue weighted by Gasteiger charge is 2.31. The van der Waals surface area contributed by atoms with Crippen LogP contribution in [0.4, 0.5) is 0 Å². The Balaban J connectivity index is 0.00000220. The summed E-state index contributed by atoms with van der Waals surface area (Å²) >= 11 is 0. The predicted octanol–water partition coefficient (Wildman–Crippen LogP) is 2.64. The van der Waals surface area contributed by atoms with Gasteiger partial charge in [0.05, 0.1) is 0 Å². The van der Waals surface area contributed by atoms with E-state index in [1.807, 2.05) is 0 Å². The van der Waals surface area contributed by atoms with Gasteiger partial charge in [0.15, 0.2) is 5.96 Å². The molecule has 1 unspecified atom stereocenters. The molecule has 0 spiro atoms. The quantitative estimate of drug-likeness (QED) is 0.443. The van der Waals surface area contributed by atoms with Crippen LogP contribution in [0, 0.1) is 11.3 Å². The van der Waals surface area contributed by atoms with E-state index in [1.165, 1.54) is 32.4 Å². The third-order valence-electron chi connectivity index (χ3n) is 4.53. The molecule has 2 heterocycles. The number of halogens is 1. The third kappa shape index (κ3) is 5.93. The fourth-order valence-corrected chi connectivity index (χ4v) is 3.36. The highest BCUT2D eigenvalue weighted by atomic mass is 127. The van der Waals surface area contributed by atoms with Crippen molar-refractivity contribution in [3.8, 4) is 0 Å². The summed E-state index contributed by atoms with van der Waals surface area (Å²) in [6, 6.07) is 0. The zero-order valence-corrected chi connectivity index (χ0v) is 16.5. The predicted molar refractivity (Wildman–Crippen MR) is 102 cm³/mol. The van der Waals surface area contributed by atoms with Crippen LogP contribution >= 0.6 is 24.0 Å². The smallest absolute Gasteiger partial charge is 0.193 e. The van der Waals surface area contributed by atoms with Gasteiger partial charge in [-0.3, -0.25) is 4.99 Å². The van der Waals surface area contributed by atoms with Crippen molar-refractivity contribution in [2.45, 2.75) is 40.0 Å².